The third-order valence-corrected chi connectivity index (χ3v) is 10.1. The third kappa shape index (κ3) is 38.7. The summed E-state index contributed by atoms with van der Waals surface area (Å²) in [5.41, 5.74) is 0. The van der Waals surface area contributed by atoms with Gasteiger partial charge in [-0.2, -0.15) is 0 Å². The van der Waals surface area contributed by atoms with Crippen molar-refractivity contribution in [1.29, 1.82) is 0 Å². The number of hydrogen-bond donors (Lipinski definition) is 3. The van der Waals surface area contributed by atoms with Crippen LogP contribution in [-0.2, 0) is 27.9 Å². The van der Waals surface area contributed by atoms with Crippen LogP contribution in [0.3, 0.4) is 0 Å². The minimum absolute atomic E-state index is 0.0441. The maximum atomic E-state index is 12.6. The molecule has 0 aromatic carbocycles. The van der Waals surface area contributed by atoms with Crippen molar-refractivity contribution in [3.05, 3.63) is 24.3 Å². The fourth-order valence-corrected chi connectivity index (χ4v) is 6.60. The summed E-state index contributed by atoms with van der Waals surface area (Å²) >= 11 is 0. The first kappa shape index (κ1) is 50.9. The topological polar surface area (TPSA) is 132 Å². The molecule has 0 bridgehead atoms. The first-order valence-electron chi connectivity index (χ1n) is 21.3. The number of carbonyl (C=O) groups is 1. The molecule has 0 aromatic rings. The number of ether oxygens (including phenoxy) is 2. The van der Waals surface area contributed by atoms with Crippen molar-refractivity contribution in [3.63, 3.8) is 0 Å². The number of carbonyl (C=O) groups excluding carboxylic acids is 1. The van der Waals surface area contributed by atoms with Crippen LogP contribution in [0, 0.1) is 0 Å². The third-order valence-electron chi connectivity index (χ3n) is 9.11. The highest BCUT2D eigenvalue weighted by Crippen LogP contribution is 2.43. The molecular formula is C42H81O9P. The minimum Gasteiger partial charge on any atom is -0.457 e. The van der Waals surface area contributed by atoms with E-state index in [9.17, 15) is 19.4 Å². The second-order valence-electron chi connectivity index (χ2n) is 14.4. The van der Waals surface area contributed by atoms with E-state index in [1.807, 2.05) is 0 Å². The molecule has 0 heterocycles. The van der Waals surface area contributed by atoms with Crippen molar-refractivity contribution in [3.8, 4) is 0 Å². The zero-order chi connectivity index (χ0) is 38.2. The Labute approximate surface area is 319 Å². The molecule has 0 radical (unpaired) electrons. The Balaban J connectivity index is 4.19. The van der Waals surface area contributed by atoms with Crippen LogP contribution < -0.4 is 0 Å². The summed E-state index contributed by atoms with van der Waals surface area (Å²) < 4.78 is 33.3. The van der Waals surface area contributed by atoms with E-state index in [0.717, 1.165) is 64.2 Å². The molecule has 3 unspecified atom stereocenters. The van der Waals surface area contributed by atoms with Gasteiger partial charge in [-0.25, -0.2) is 4.57 Å². The predicted molar refractivity (Wildman–Crippen MR) is 214 cm³/mol. The number of unbranched alkanes of at least 4 members (excludes halogenated alkanes) is 23. The van der Waals surface area contributed by atoms with Crippen molar-refractivity contribution in [2.24, 2.45) is 0 Å². The second kappa shape index (κ2) is 39.6. The second-order valence-corrected chi connectivity index (χ2v) is 15.8. The van der Waals surface area contributed by atoms with Gasteiger partial charge in [-0.1, -0.05) is 147 Å². The number of phosphoric acid groups is 1. The Kier molecular flexibility index (Phi) is 38.8. The van der Waals surface area contributed by atoms with Crippen LogP contribution in [0.4, 0.5) is 0 Å². The zero-order valence-electron chi connectivity index (χ0n) is 33.5. The van der Waals surface area contributed by atoms with Crippen LogP contribution in [0.2, 0.25) is 0 Å². The molecule has 52 heavy (non-hydrogen) atoms. The van der Waals surface area contributed by atoms with Gasteiger partial charge in [-0.3, -0.25) is 13.8 Å². The first-order valence-corrected chi connectivity index (χ1v) is 22.8. The largest absolute Gasteiger partial charge is 0.472 e. The van der Waals surface area contributed by atoms with Gasteiger partial charge in [0.2, 0.25) is 0 Å². The molecule has 10 heteroatoms. The molecule has 0 amide bonds. The Morgan fingerprint density at radius 3 is 1.44 bits per heavy atom. The molecule has 0 spiro atoms. The lowest BCUT2D eigenvalue weighted by Gasteiger charge is -2.20. The molecule has 0 aromatic heterocycles. The summed E-state index contributed by atoms with van der Waals surface area (Å²) in [6.45, 7) is 3.50. The van der Waals surface area contributed by atoms with Crippen molar-refractivity contribution in [2.45, 2.75) is 206 Å². The highest BCUT2D eigenvalue weighted by atomic mass is 31.2. The standard InChI is InChI=1S/C42H81O9P/c1-3-5-7-9-11-13-15-17-19-20-21-23-25-27-29-31-33-35-48-38-41(39-50-52(46,47)49-37-40(44)36-43)51-42(45)34-32-30-28-26-24-22-18-16-14-12-10-8-6-4-2/h16,18-20,40-41,43-44H,3-15,17,21-39H2,1-2H3,(H,46,47)/b18-16-,20-19-. The van der Waals surface area contributed by atoms with Crippen molar-refractivity contribution < 1.29 is 43.0 Å². The van der Waals surface area contributed by atoms with Crippen LogP contribution in [0.25, 0.3) is 0 Å². The van der Waals surface area contributed by atoms with E-state index in [-0.39, 0.29) is 19.6 Å². The molecule has 0 saturated heterocycles. The van der Waals surface area contributed by atoms with Gasteiger partial charge in [0.05, 0.1) is 26.4 Å². The number of hydrogen-bond acceptors (Lipinski definition) is 8. The van der Waals surface area contributed by atoms with Crippen molar-refractivity contribution in [1.82, 2.24) is 0 Å². The van der Waals surface area contributed by atoms with Gasteiger partial charge in [-0.15, -0.1) is 0 Å². The van der Waals surface area contributed by atoms with Gasteiger partial charge in [0.1, 0.15) is 12.2 Å². The molecule has 3 N–H and O–H groups in total. The lowest BCUT2D eigenvalue weighted by atomic mass is 10.1. The molecule has 0 aliphatic carbocycles. The van der Waals surface area contributed by atoms with E-state index >= 15 is 0 Å². The van der Waals surface area contributed by atoms with E-state index < -0.39 is 39.2 Å². The Hall–Kier alpha value is -1.06. The Morgan fingerprint density at radius 1 is 0.577 bits per heavy atom. The highest BCUT2D eigenvalue weighted by molar-refractivity contribution is 7.47. The van der Waals surface area contributed by atoms with Gasteiger partial charge < -0.3 is 24.6 Å². The number of rotatable bonds is 41. The number of allylic oxidation sites excluding steroid dienone is 4. The number of phosphoric ester groups is 1. The average molecular weight is 761 g/mol. The molecule has 0 saturated carbocycles. The minimum atomic E-state index is -4.52. The molecule has 9 nitrogen and oxygen atoms in total. The van der Waals surface area contributed by atoms with Gasteiger partial charge in [-0.05, 0) is 64.2 Å². The molecule has 0 fully saturated rings. The summed E-state index contributed by atoms with van der Waals surface area (Å²) in [5.74, 6) is -0.392. The SMILES string of the molecule is CCCCCCC/C=C\CCCCCCCC(=O)OC(COCCCCCCCC/C=C\CCCCCCCCC)COP(=O)(O)OCC(O)CO. The maximum absolute atomic E-state index is 12.6. The van der Waals surface area contributed by atoms with Crippen LogP contribution in [-0.4, -0.2) is 66.3 Å². The van der Waals surface area contributed by atoms with Gasteiger partial charge in [0, 0.05) is 13.0 Å². The first-order chi connectivity index (χ1) is 25.3. The van der Waals surface area contributed by atoms with Crippen molar-refractivity contribution >= 4 is 13.8 Å². The Morgan fingerprint density at radius 2 is 0.981 bits per heavy atom. The highest BCUT2D eigenvalue weighted by Gasteiger charge is 2.26. The van der Waals surface area contributed by atoms with Gasteiger partial charge >= 0.3 is 13.8 Å². The monoisotopic (exact) mass is 761 g/mol. The average Bonchev–Trinajstić information content (AvgIpc) is 3.13. The van der Waals surface area contributed by atoms with E-state index in [1.165, 1.54) is 109 Å². The fourth-order valence-electron chi connectivity index (χ4n) is 5.81. The number of aliphatic hydroxyl groups excluding tert-OH is 2. The lowest BCUT2D eigenvalue weighted by molar-refractivity contribution is -0.154. The molecule has 308 valence electrons. The van der Waals surface area contributed by atoms with Crippen LogP contribution >= 0.6 is 7.82 Å². The van der Waals surface area contributed by atoms with E-state index in [4.69, 9.17) is 23.6 Å². The van der Waals surface area contributed by atoms with Crippen LogP contribution in [0.5, 0.6) is 0 Å². The summed E-state index contributed by atoms with van der Waals surface area (Å²) in [7, 11) is -4.52. The normalized spacial score (nSPS) is 14.3. The van der Waals surface area contributed by atoms with Crippen LogP contribution in [0.1, 0.15) is 194 Å². The van der Waals surface area contributed by atoms with Gasteiger partial charge in [0.15, 0.2) is 0 Å². The zero-order valence-corrected chi connectivity index (χ0v) is 34.4. The molecule has 0 aliphatic rings. The smallest absolute Gasteiger partial charge is 0.457 e. The van der Waals surface area contributed by atoms with Crippen molar-refractivity contribution in [2.75, 3.05) is 33.0 Å². The Bertz CT molecular complexity index is 866. The summed E-state index contributed by atoms with van der Waals surface area (Å²) in [6, 6.07) is 0. The summed E-state index contributed by atoms with van der Waals surface area (Å²) in [6.07, 6.45) is 39.9. The molecule has 0 rings (SSSR count). The summed E-state index contributed by atoms with van der Waals surface area (Å²) in [4.78, 5) is 22.5. The summed E-state index contributed by atoms with van der Waals surface area (Å²) in [5, 5.41) is 18.3. The quantitative estimate of drug-likeness (QED) is 0.0241. The fraction of sp³-hybridized carbons (Fsp3) is 0.881. The van der Waals surface area contributed by atoms with E-state index in [0.29, 0.717) is 6.61 Å². The number of esters is 1. The van der Waals surface area contributed by atoms with Crippen LogP contribution in [0.15, 0.2) is 24.3 Å². The molecular weight excluding hydrogens is 679 g/mol. The lowest BCUT2D eigenvalue weighted by Crippen LogP contribution is -2.29. The predicted octanol–water partition coefficient (Wildman–Crippen LogP) is 11.5. The van der Waals surface area contributed by atoms with E-state index in [1.54, 1.807) is 0 Å². The van der Waals surface area contributed by atoms with Gasteiger partial charge in [0.25, 0.3) is 0 Å². The van der Waals surface area contributed by atoms with E-state index in [2.05, 4.69) is 38.2 Å². The molecule has 3 atom stereocenters. The maximum Gasteiger partial charge on any atom is 0.472 e. The molecule has 0 aliphatic heterocycles. The number of aliphatic hydroxyl groups is 2.